The molecule has 4 heteroatoms. The van der Waals surface area contributed by atoms with E-state index in [1.54, 1.807) is 0 Å². The first-order chi connectivity index (χ1) is 6.99. The quantitative estimate of drug-likeness (QED) is 0.799. The van der Waals surface area contributed by atoms with E-state index in [0.29, 0.717) is 6.04 Å². The molecule has 0 aliphatic carbocycles. The molecule has 86 valence electrons. The molecule has 0 bridgehead atoms. The van der Waals surface area contributed by atoms with Crippen molar-refractivity contribution in [3.05, 3.63) is 11.9 Å². The van der Waals surface area contributed by atoms with Crippen LogP contribution in [0.1, 0.15) is 19.0 Å². The molecule has 1 aromatic heterocycles. The molecule has 1 atom stereocenters. The first-order valence-electron chi connectivity index (χ1n) is 5.40. The van der Waals surface area contributed by atoms with Crippen molar-refractivity contribution in [1.82, 2.24) is 14.5 Å². The van der Waals surface area contributed by atoms with Crippen LogP contribution in [0, 0.1) is 6.92 Å². The van der Waals surface area contributed by atoms with Gasteiger partial charge >= 0.3 is 0 Å². The van der Waals surface area contributed by atoms with Crippen LogP contribution in [0.5, 0.6) is 0 Å². The maximum atomic E-state index is 4.42. The summed E-state index contributed by atoms with van der Waals surface area (Å²) in [5, 5.41) is 3.41. The molecule has 1 rings (SSSR count). The minimum Gasteiger partial charge on any atom is -0.353 e. The van der Waals surface area contributed by atoms with E-state index in [1.807, 2.05) is 24.7 Å². The predicted molar refractivity (Wildman–Crippen MR) is 64.2 cm³/mol. The second-order valence-corrected chi connectivity index (χ2v) is 4.45. The standard InChI is InChI=1S/C11H22N4/c1-9(6-7-14(3)4)12-11-13-10(2)8-15(11)5/h8-9H,6-7H2,1-5H3,(H,12,13). The zero-order chi connectivity index (χ0) is 11.4. The molecule has 0 saturated carbocycles. The fourth-order valence-corrected chi connectivity index (χ4v) is 1.49. The number of hydrogen-bond donors (Lipinski definition) is 1. The Hall–Kier alpha value is -1.03. The SMILES string of the molecule is Cc1cn(C)c(NC(C)CCN(C)C)n1. The number of nitrogens with one attached hydrogen (secondary N) is 1. The maximum absolute atomic E-state index is 4.42. The third kappa shape index (κ3) is 3.91. The molecule has 1 N–H and O–H groups in total. The molecule has 0 saturated heterocycles. The Morgan fingerprint density at radius 3 is 2.67 bits per heavy atom. The monoisotopic (exact) mass is 210 g/mol. The Morgan fingerprint density at radius 1 is 1.53 bits per heavy atom. The van der Waals surface area contributed by atoms with Gasteiger partial charge in [-0.15, -0.1) is 0 Å². The molecular formula is C11H22N4. The predicted octanol–water partition coefficient (Wildman–Crippen LogP) is 1.48. The average Bonchev–Trinajstić information content (AvgIpc) is 2.42. The van der Waals surface area contributed by atoms with Crippen LogP contribution in [-0.2, 0) is 7.05 Å². The van der Waals surface area contributed by atoms with E-state index in [9.17, 15) is 0 Å². The van der Waals surface area contributed by atoms with Crippen molar-refractivity contribution >= 4 is 5.95 Å². The lowest BCUT2D eigenvalue weighted by atomic mass is 10.2. The molecule has 0 aliphatic rings. The molecule has 1 heterocycles. The van der Waals surface area contributed by atoms with Crippen molar-refractivity contribution in [3.8, 4) is 0 Å². The van der Waals surface area contributed by atoms with Crippen molar-refractivity contribution in [3.63, 3.8) is 0 Å². The first kappa shape index (κ1) is 12.0. The van der Waals surface area contributed by atoms with E-state index in [1.165, 1.54) is 0 Å². The molecule has 0 spiro atoms. The average molecular weight is 210 g/mol. The maximum Gasteiger partial charge on any atom is 0.202 e. The number of rotatable bonds is 5. The Bertz CT molecular complexity index is 304. The molecule has 4 nitrogen and oxygen atoms in total. The number of aryl methyl sites for hydroxylation is 2. The van der Waals surface area contributed by atoms with Crippen LogP contribution in [-0.4, -0.2) is 41.1 Å². The summed E-state index contributed by atoms with van der Waals surface area (Å²) >= 11 is 0. The van der Waals surface area contributed by atoms with Crippen molar-refractivity contribution in [1.29, 1.82) is 0 Å². The molecule has 0 aromatic carbocycles. The molecule has 1 aromatic rings. The van der Waals surface area contributed by atoms with Gasteiger partial charge in [0.15, 0.2) is 0 Å². The Labute approximate surface area is 92.3 Å². The third-order valence-electron chi connectivity index (χ3n) is 2.38. The van der Waals surface area contributed by atoms with Gasteiger partial charge in [-0.3, -0.25) is 0 Å². The number of hydrogen-bond acceptors (Lipinski definition) is 3. The lowest BCUT2D eigenvalue weighted by Gasteiger charge is -2.17. The van der Waals surface area contributed by atoms with Gasteiger partial charge in [-0.05, 0) is 40.9 Å². The topological polar surface area (TPSA) is 33.1 Å². The summed E-state index contributed by atoms with van der Waals surface area (Å²) < 4.78 is 2.03. The molecule has 0 fully saturated rings. The minimum atomic E-state index is 0.452. The van der Waals surface area contributed by atoms with Crippen LogP contribution in [0.4, 0.5) is 5.95 Å². The second-order valence-electron chi connectivity index (χ2n) is 4.45. The summed E-state index contributed by atoms with van der Waals surface area (Å²) in [6.45, 7) is 5.29. The van der Waals surface area contributed by atoms with E-state index >= 15 is 0 Å². The van der Waals surface area contributed by atoms with Crippen molar-refractivity contribution in [2.75, 3.05) is 26.0 Å². The van der Waals surface area contributed by atoms with Gasteiger partial charge in [-0.2, -0.15) is 0 Å². The van der Waals surface area contributed by atoms with E-state index in [0.717, 1.165) is 24.6 Å². The highest BCUT2D eigenvalue weighted by atomic mass is 15.2. The fourth-order valence-electron chi connectivity index (χ4n) is 1.49. The lowest BCUT2D eigenvalue weighted by Crippen LogP contribution is -2.24. The number of aromatic nitrogens is 2. The molecule has 0 aliphatic heterocycles. The van der Waals surface area contributed by atoms with E-state index in [2.05, 4.69) is 36.2 Å². The smallest absolute Gasteiger partial charge is 0.202 e. The summed E-state index contributed by atoms with van der Waals surface area (Å²) in [6, 6.07) is 0.452. The number of anilines is 1. The van der Waals surface area contributed by atoms with Gasteiger partial charge in [0.2, 0.25) is 5.95 Å². The normalized spacial score (nSPS) is 13.2. The summed E-state index contributed by atoms with van der Waals surface area (Å²) in [6.07, 6.45) is 3.15. The van der Waals surface area contributed by atoms with Crippen molar-refractivity contribution in [2.24, 2.45) is 7.05 Å². The second kappa shape index (κ2) is 5.16. The van der Waals surface area contributed by atoms with Crippen LogP contribution >= 0.6 is 0 Å². The Morgan fingerprint density at radius 2 is 2.20 bits per heavy atom. The molecule has 1 unspecified atom stereocenters. The minimum absolute atomic E-state index is 0.452. The lowest BCUT2D eigenvalue weighted by molar-refractivity contribution is 0.390. The number of nitrogens with zero attached hydrogens (tertiary/aromatic N) is 3. The van der Waals surface area contributed by atoms with Gasteiger partial charge < -0.3 is 14.8 Å². The highest BCUT2D eigenvalue weighted by molar-refractivity contribution is 5.29. The highest BCUT2D eigenvalue weighted by Crippen LogP contribution is 2.08. The zero-order valence-electron chi connectivity index (χ0n) is 10.4. The molecule has 0 amide bonds. The van der Waals surface area contributed by atoms with Crippen molar-refractivity contribution in [2.45, 2.75) is 26.3 Å². The summed E-state index contributed by atoms with van der Waals surface area (Å²) in [5.41, 5.74) is 1.06. The Balaban J connectivity index is 2.44. The summed E-state index contributed by atoms with van der Waals surface area (Å²) in [4.78, 5) is 6.61. The van der Waals surface area contributed by atoms with E-state index in [-0.39, 0.29) is 0 Å². The first-order valence-corrected chi connectivity index (χ1v) is 5.40. The number of imidazole rings is 1. The van der Waals surface area contributed by atoms with Gasteiger partial charge in [0, 0.05) is 19.3 Å². The van der Waals surface area contributed by atoms with Crippen LogP contribution in [0.2, 0.25) is 0 Å². The van der Waals surface area contributed by atoms with Gasteiger partial charge in [0.25, 0.3) is 0 Å². The molecule has 15 heavy (non-hydrogen) atoms. The van der Waals surface area contributed by atoms with Gasteiger partial charge in [-0.25, -0.2) is 4.98 Å². The van der Waals surface area contributed by atoms with Crippen LogP contribution in [0.25, 0.3) is 0 Å². The molecular weight excluding hydrogens is 188 g/mol. The third-order valence-corrected chi connectivity index (χ3v) is 2.38. The van der Waals surface area contributed by atoms with Gasteiger partial charge in [0.1, 0.15) is 0 Å². The zero-order valence-corrected chi connectivity index (χ0v) is 10.4. The van der Waals surface area contributed by atoms with Crippen LogP contribution in [0.15, 0.2) is 6.20 Å². The van der Waals surface area contributed by atoms with Gasteiger partial charge in [0.05, 0.1) is 5.69 Å². The van der Waals surface area contributed by atoms with E-state index in [4.69, 9.17) is 0 Å². The largest absolute Gasteiger partial charge is 0.353 e. The van der Waals surface area contributed by atoms with Gasteiger partial charge in [-0.1, -0.05) is 0 Å². The van der Waals surface area contributed by atoms with Crippen molar-refractivity contribution < 1.29 is 0 Å². The van der Waals surface area contributed by atoms with Crippen LogP contribution < -0.4 is 5.32 Å². The summed E-state index contributed by atoms with van der Waals surface area (Å²) in [5.74, 6) is 0.957. The Kier molecular flexibility index (Phi) is 4.15. The molecule has 0 radical (unpaired) electrons. The summed E-state index contributed by atoms with van der Waals surface area (Å²) in [7, 11) is 6.20. The fraction of sp³-hybridized carbons (Fsp3) is 0.727. The highest BCUT2D eigenvalue weighted by Gasteiger charge is 2.06. The van der Waals surface area contributed by atoms with E-state index < -0.39 is 0 Å². The van der Waals surface area contributed by atoms with Crippen LogP contribution in [0.3, 0.4) is 0 Å².